The van der Waals surface area contributed by atoms with Crippen LogP contribution in [-0.4, -0.2) is 9.97 Å². The number of hydrogen-bond acceptors (Lipinski definition) is 3. The molecule has 1 aliphatic carbocycles. The van der Waals surface area contributed by atoms with E-state index in [9.17, 15) is 0 Å². The SMILES string of the molecule is ClSc1ncc(Cl)nc1C1CC1. The molecule has 2 nitrogen and oxygen atoms in total. The number of rotatable bonds is 2. The molecule has 0 aliphatic heterocycles. The van der Waals surface area contributed by atoms with Crippen molar-refractivity contribution in [1.29, 1.82) is 0 Å². The fraction of sp³-hybridized carbons (Fsp3) is 0.429. The summed E-state index contributed by atoms with van der Waals surface area (Å²) in [6.45, 7) is 0. The molecule has 0 saturated heterocycles. The zero-order valence-corrected chi connectivity index (χ0v) is 8.46. The van der Waals surface area contributed by atoms with Crippen LogP contribution in [-0.2, 0) is 0 Å². The van der Waals surface area contributed by atoms with Crippen molar-refractivity contribution in [2.75, 3.05) is 0 Å². The van der Waals surface area contributed by atoms with Gasteiger partial charge in [0.1, 0.15) is 10.2 Å². The van der Waals surface area contributed by atoms with E-state index in [0.717, 1.165) is 21.7 Å². The summed E-state index contributed by atoms with van der Waals surface area (Å²) < 4.78 is 0. The van der Waals surface area contributed by atoms with E-state index in [2.05, 4.69) is 9.97 Å². The Labute approximate surface area is 84.2 Å². The first-order valence-corrected chi connectivity index (χ1v) is 5.64. The maximum atomic E-state index is 5.72. The van der Waals surface area contributed by atoms with Crippen LogP contribution in [0.2, 0.25) is 5.15 Å². The highest BCUT2D eigenvalue weighted by atomic mass is 35.7. The van der Waals surface area contributed by atoms with Crippen LogP contribution in [0.1, 0.15) is 24.5 Å². The summed E-state index contributed by atoms with van der Waals surface area (Å²) in [5.41, 5.74) is 0.961. The molecule has 12 heavy (non-hydrogen) atoms. The van der Waals surface area contributed by atoms with Gasteiger partial charge in [-0.15, -0.1) is 0 Å². The van der Waals surface area contributed by atoms with Crippen LogP contribution in [0, 0.1) is 0 Å². The average Bonchev–Trinajstić information content (AvgIpc) is 2.87. The summed E-state index contributed by atoms with van der Waals surface area (Å²) in [5, 5.41) is 1.25. The molecule has 2 rings (SSSR count). The standard InChI is InChI=1S/C7H6Cl2N2S/c8-5-3-10-7(12-9)6(11-5)4-1-2-4/h3-4H,1-2H2. The monoisotopic (exact) mass is 220 g/mol. The summed E-state index contributed by atoms with van der Waals surface area (Å²) in [4.78, 5) is 8.30. The van der Waals surface area contributed by atoms with Gasteiger partial charge in [-0.2, -0.15) is 0 Å². The van der Waals surface area contributed by atoms with Crippen molar-refractivity contribution in [1.82, 2.24) is 9.97 Å². The van der Waals surface area contributed by atoms with Crippen LogP contribution in [0.4, 0.5) is 0 Å². The van der Waals surface area contributed by atoms with Crippen LogP contribution >= 0.6 is 33.3 Å². The van der Waals surface area contributed by atoms with E-state index in [4.69, 9.17) is 22.3 Å². The van der Waals surface area contributed by atoms with Gasteiger partial charge in [-0.1, -0.05) is 11.6 Å². The lowest BCUT2D eigenvalue weighted by molar-refractivity contribution is 0.903. The quantitative estimate of drug-likeness (QED) is 0.766. The Kier molecular flexibility index (Phi) is 2.44. The molecule has 0 unspecified atom stereocenters. The fourth-order valence-corrected chi connectivity index (χ4v) is 1.93. The van der Waals surface area contributed by atoms with Crippen molar-refractivity contribution in [3.63, 3.8) is 0 Å². The third-order valence-corrected chi connectivity index (χ3v) is 2.85. The van der Waals surface area contributed by atoms with Crippen molar-refractivity contribution >= 4 is 33.3 Å². The molecule has 64 valence electrons. The van der Waals surface area contributed by atoms with E-state index >= 15 is 0 Å². The number of nitrogens with zero attached hydrogens (tertiary/aromatic N) is 2. The summed E-state index contributed by atoms with van der Waals surface area (Å²) in [7, 11) is 6.74. The van der Waals surface area contributed by atoms with Gasteiger partial charge in [0.05, 0.1) is 11.9 Å². The molecule has 1 aromatic heterocycles. The van der Waals surface area contributed by atoms with Crippen LogP contribution in [0.15, 0.2) is 11.2 Å². The van der Waals surface area contributed by atoms with Crippen molar-refractivity contribution in [3.8, 4) is 0 Å². The lowest BCUT2D eigenvalue weighted by Gasteiger charge is -2.01. The highest BCUT2D eigenvalue weighted by molar-refractivity contribution is 8.21. The number of halogens is 2. The van der Waals surface area contributed by atoms with Gasteiger partial charge in [0.2, 0.25) is 0 Å². The van der Waals surface area contributed by atoms with Crippen molar-refractivity contribution in [3.05, 3.63) is 17.0 Å². The van der Waals surface area contributed by atoms with Gasteiger partial charge in [-0.25, -0.2) is 9.97 Å². The zero-order valence-electron chi connectivity index (χ0n) is 6.13. The van der Waals surface area contributed by atoms with E-state index in [1.807, 2.05) is 0 Å². The van der Waals surface area contributed by atoms with Crippen LogP contribution in [0.5, 0.6) is 0 Å². The second-order valence-corrected chi connectivity index (χ2v) is 4.13. The average molecular weight is 221 g/mol. The maximum absolute atomic E-state index is 5.72. The maximum Gasteiger partial charge on any atom is 0.147 e. The first-order chi connectivity index (χ1) is 5.81. The predicted octanol–water partition coefficient (Wildman–Crippen LogP) is 3.25. The van der Waals surface area contributed by atoms with Gasteiger partial charge in [0.25, 0.3) is 0 Å². The summed E-state index contributed by atoms with van der Waals surface area (Å²) >= 11 is 5.72. The lowest BCUT2D eigenvalue weighted by Crippen LogP contribution is -1.92. The molecule has 1 aromatic rings. The molecule has 0 radical (unpaired) electrons. The Balaban J connectivity index is 2.39. The van der Waals surface area contributed by atoms with Gasteiger partial charge < -0.3 is 0 Å². The Bertz CT molecular complexity index is 301. The van der Waals surface area contributed by atoms with Crippen molar-refractivity contribution in [2.24, 2.45) is 0 Å². The molecule has 0 atom stereocenters. The largest absolute Gasteiger partial charge is 0.244 e. The minimum Gasteiger partial charge on any atom is -0.244 e. The highest BCUT2D eigenvalue weighted by Gasteiger charge is 2.28. The fourth-order valence-electron chi connectivity index (χ4n) is 1.05. The molecule has 1 saturated carbocycles. The minimum atomic E-state index is 0.450. The van der Waals surface area contributed by atoms with Gasteiger partial charge in [0.15, 0.2) is 0 Å². The van der Waals surface area contributed by atoms with Gasteiger partial charge in [0, 0.05) is 16.9 Å². The smallest absolute Gasteiger partial charge is 0.147 e. The minimum absolute atomic E-state index is 0.450. The Hall–Kier alpha value is 0.01000. The number of hydrogen-bond donors (Lipinski definition) is 0. The summed E-state index contributed by atoms with van der Waals surface area (Å²) in [6.07, 6.45) is 3.89. The predicted molar refractivity (Wildman–Crippen MR) is 50.7 cm³/mol. The molecule has 1 heterocycles. The Morgan fingerprint density at radius 1 is 1.50 bits per heavy atom. The topological polar surface area (TPSA) is 25.8 Å². The molecular weight excluding hydrogens is 215 g/mol. The lowest BCUT2D eigenvalue weighted by atomic mass is 10.3. The first-order valence-electron chi connectivity index (χ1n) is 3.62. The molecule has 0 amide bonds. The van der Waals surface area contributed by atoms with Gasteiger partial charge in [-0.3, -0.25) is 0 Å². The second kappa shape index (κ2) is 3.40. The highest BCUT2D eigenvalue weighted by Crippen LogP contribution is 2.43. The molecule has 0 aromatic carbocycles. The second-order valence-electron chi connectivity index (χ2n) is 2.73. The molecule has 5 heteroatoms. The number of aromatic nitrogens is 2. The van der Waals surface area contributed by atoms with Crippen LogP contribution in [0.25, 0.3) is 0 Å². The molecular formula is C7H6Cl2N2S. The molecule has 0 spiro atoms. The van der Waals surface area contributed by atoms with Crippen molar-refractivity contribution < 1.29 is 0 Å². The third-order valence-electron chi connectivity index (χ3n) is 1.77. The van der Waals surface area contributed by atoms with Gasteiger partial charge in [-0.05, 0) is 23.5 Å². The van der Waals surface area contributed by atoms with E-state index < -0.39 is 0 Å². The summed E-state index contributed by atoms with van der Waals surface area (Å²) in [6, 6.07) is 0. The van der Waals surface area contributed by atoms with E-state index in [0.29, 0.717) is 11.1 Å². The third kappa shape index (κ3) is 1.68. The van der Waals surface area contributed by atoms with E-state index in [1.165, 1.54) is 19.0 Å². The molecule has 1 aliphatic rings. The van der Waals surface area contributed by atoms with Crippen molar-refractivity contribution in [2.45, 2.75) is 23.8 Å². The van der Waals surface area contributed by atoms with Crippen LogP contribution < -0.4 is 0 Å². The molecule has 0 bridgehead atoms. The van der Waals surface area contributed by atoms with Gasteiger partial charge >= 0.3 is 0 Å². The van der Waals surface area contributed by atoms with E-state index in [1.54, 1.807) is 0 Å². The van der Waals surface area contributed by atoms with Crippen LogP contribution in [0.3, 0.4) is 0 Å². The Morgan fingerprint density at radius 2 is 2.25 bits per heavy atom. The summed E-state index contributed by atoms with van der Waals surface area (Å²) in [5.74, 6) is 0.539. The molecule has 0 N–H and O–H groups in total. The molecule has 1 fully saturated rings. The Morgan fingerprint density at radius 3 is 2.83 bits per heavy atom. The first kappa shape index (κ1) is 8.60. The van der Waals surface area contributed by atoms with E-state index in [-0.39, 0.29) is 0 Å². The zero-order chi connectivity index (χ0) is 8.55. The normalized spacial score (nSPS) is 16.5.